The second-order valence-electron chi connectivity index (χ2n) is 4.12. The number of halogens is 1. The first-order chi connectivity index (χ1) is 9.65. The first-order valence-electron chi connectivity index (χ1n) is 6.27. The van der Waals surface area contributed by atoms with Gasteiger partial charge in [0.25, 0.3) is 0 Å². The monoisotopic (exact) mass is 292 g/mol. The number of para-hydroxylation sites is 1. The van der Waals surface area contributed by atoms with Gasteiger partial charge in [-0.25, -0.2) is 0 Å². The first kappa shape index (κ1) is 14.3. The van der Waals surface area contributed by atoms with Gasteiger partial charge in [-0.1, -0.05) is 17.7 Å². The number of hydrogen-bond acceptors (Lipinski definition) is 4. The molecule has 0 fully saturated rings. The van der Waals surface area contributed by atoms with Gasteiger partial charge in [0.05, 0.1) is 30.8 Å². The van der Waals surface area contributed by atoms with Gasteiger partial charge in [-0.05, 0) is 37.3 Å². The molecular weight excluding hydrogens is 276 g/mol. The van der Waals surface area contributed by atoms with E-state index in [-0.39, 0.29) is 0 Å². The van der Waals surface area contributed by atoms with Crippen LogP contribution in [0.15, 0.2) is 36.4 Å². The molecule has 5 heteroatoms. The lowest BCUT2D eigenvalue weighted by Gasteiger charge is -2.15. The molecule has 0 aliphatic carbocycles. The van der Waals surface area contributed by atoms with Crippen molar-refractivity contribution in [3.05, 3.63) is 41.4 Å². The Morgan fingerprint density at radius 1 is 1.15 bits per heavy atom. The van der Waals surface area contributed by atoms with E-state index in [1.807, 2.05) is 25.1 Å². The molecule has 0 saturated heterocycles. The molecular formula is C15H17ClN2O2. The summed E-state index contributed by atoms with van der Waals surface area (Å²) < 4.78 is 10.8. The smallest absolute Gasteiger partial charge is 0.144 e. The van der Waals surface area contributed by atoms with E-state index in [2.05, 4.69) is 5.32 Å². The lowest BCUT2D eigenvalue weighted by Crippen LogP contribution is -2.02. The number of rotatable bonds is 5. The van der Waals surface area contributed by atoms with Crippen LogP contribution < -0.4 is 20.5 Å². The molecule has 0 aromatic heterocycles. The number of methoxy groups -OCH3 is 1. The molecule has 2 aromatic rings. The summed E-state index contributed by atoms with van der Waals surface area (Å²) in [7, 11) is 1.61. The summed E-state index contributed by atoms with van der Waals surface area (Å²) >= 11 is 6.01. The average molecular weight is 293 g/mol. The van der Waals surface area contributed by atoms with Gasteiger partial charge >= 0.3 is 0 Å². The summed E-state index contributed by atoms with van der Waals surface area (Å²) in [6.45, 7) is 2.48. The summed E-state index contributed by atoms with van der Waals surface area (Å²) in [4.78, 5) is 0. The SMILES string of the molecule is CCOc1cccc(Nc2cc(Cl)ccc2OC)c1N. The number of nitrogens with two attached hydrogens (primary N) is 1. The Bertz CT molecular complexity index is 602. The quantitative estimate of drug-likeness (QED) is 0.816. The van der Waals surface area contributed by atoms with Crippen LogP contribution in [0.5, 0.6) is 11.5 Å². The number of nitrogen functional groups attached to an aromatic ring is 1. The van der Waals surface area contributed by atoms with Gasteiger partial charge in [0, 0.05) is 5.02 Å². The zero-order valence-corrected chi connectivity index (χ0v) is 12.2. The molecule has 0 radical (unpaired) electrons. The van der Waals surface area contributed by atoms with Gasteiger partial charge in [0.15, 0.2) is 0 Å². The zero-order chi connectivity index (χ0) is 14.5. The normalized spacial score (nSPS) is 10.2. The Morgan fingerprint density at radius 2 is 1.95 bits per heavy atom. The summed E-state index contributed by atoms with van der Waals surface area (Å²) in [5, 5.41) is 3.84. The standard InChI is InChI=1S/C15H17ClN2O2/c1-3-20-14-6-4-5-11(15(14)17)18-12-9-10(16)7-8-13(12)19-2/h4-9,18H,3,17H2,1-2H3. The second-order valence-corrected chi connectivity index (χ2v) is 4.56. The van der Waals surface area contributed by atoms with E-state index in [4.69, 9.17) is 26.8 Å². The number of hydrogen-bond donors (Lipinski definition) is 2. The van der Waals surface area contributed by atoms with Gasteiger partial charge in [-0.3, -0.25) is 0 Å². The maximum Gasteiger partial charge on any atom is 0.144 e. The summed E-state index contributed by atoms with van der Waals surface area (Å²) in [5.41, 5.74) is 8.13. The van der Waals surface area contributed by atoms with E-state index in [0.29, 0.717) is 28.8 Å². The van der Waals surface area contributed by atoms with E-state index in [9.17, 15) is 0 Å². The Balaban J connectivity index is 2.35. The van der Waals surface area contributed by atoms with Crippen LogP contribution in [0.1, 0.15) is 6.92 Å². The summed E-state index contributed by atoms with van der Waals surface area (Å²) in [5.74, 6) is 1.34. The highest BCUT2D eigenvalue weighted by Gasteiger charge is 2.09. The van der Waals surface area contributed by atoms with Crippen molar-refractivity contribution in [2.45, 2.75) is 6.92 Å². The third kappa shape index (κ3) is 3.08. The first-order valence-corrected chi connectivity index (χ1v) is 6.65. The third-order valence-corrected chi connectivity index (χ3v) is 3.03. The highest BCUT2D eigenvalue weighted by atomic mass is 35.5. The fraction of sp³-hybridized carbons (Fsp3) is 0.200. The molecule has 4 nitrogen and oxygen atoms in total. The number of benzene rings is 2. The molecule has 0 aliphatic heterocycles. The molecule has 3 N–H and O–H groups in total. The minimum atomic E-state index is 0.552. The van der Waals surface area contributed by atoms with Crippen molar-refractivity contribution in [2.75, 3.05) is 24.8 Å². The lowest BCUT2D eigenvalue weighted by molar-refractivity contribution is 0.342. The number of nitrogens with one attached hydrogen (secondary N) is 1. The molecule has 2 rings (SSSR count). The van der Waals surface area contributed by atoms with Gasteiger partial charge < -0.3 is 20.5 Å². The molecule has 0 atom stereocenters. The van der Waals surface area contributed by atoms with Gasteiger partial charge in [0.2, 0.25) is 0 Å². The topological polar surface area (TPSA) is 56.5 Å². The molecule has 106 valence electrons. The van der Waals surface area contributed by atoms with Crippen molar-refractivity contribution in [3.63, 3.8) is 0 Å². The second kappa shape index (κ2) is 6.39. The number of anilines is 3. The van der Waals surface area contributed by atoms with Crippen LogP contribution >= 0.6 is 11.6 Å². The molecule has 2 aromatic carbocycles. The van der Waals surface area contributed by atoms with Crippen LogP contribution in [0.25, 0.3) is 0 Å². The predicted molar refractivity (Wildman–Crippen MR) is 83.3 cm³/mol. The molecule has 0 aliphatic rings. The van der Waals surface area contributed by atoms with Gasteiger partial charge in [0.1, 0.15) is 11.5 Å². The Morgan fingerprint density at radius 3 is 2.65 bits per heavy atom. The van der Waals surface area contributed by atoms with E-state index in [0.717, 1.165) is 11.4 Å². The molecule has 0 unspecified atom stereocenters. The van der Waals surface area contributed by atoms with Crippen LogP contribution in [0.3, 0.4) is 0 Å². The van der Waals surface area contributed by atoms with Crippen molar-refractivity contribution < 1.29 is 9.47 Å². The van der Waals surface area contributed by atoms with Crippen molar-refractivity contribution in [2.24, 2.45) is 0 Å². The van der Waals surface area contributed by atoms with Gasteiger partial charge in [-0.15, -0.1) is 0 Å². The fourth-order valence-corrected chi connectivity index (χ4v) is 2.03. The van der Waals surface area contributed by atoms with E-state index < -0.39 is 0 Å². The number of ether oxygens (including phenoxy) is 2. The van der Waals surface area contributed by atoms with Crippen molar-refractivity contribution >= 4 is 28.7 Å². The maximum atomic E-state index is 6.09. The molecule has 0 bridgehead atoms. The molecule has 0 amide bonds. The average Bonchev–Trinajstić information content (AvgIpc) is 2.44. The zero-order valence-electron chi connectivity index (χ0n) is 11.4. The van der Waals surface area contributed by atoms with Gasteiger partial charge in [-0.2, -0.15) is 0 Å². The molecule has 0 spiro atoms. The van der Waals surface area contributed by atoms with E-state index in [1.54, 1.807) is 25.3 Å². The Hall–Kier alpha value is -2.07. The van der Waals surface area contributed by atoms with Crippen LogP contribution in [0.2, 0.25) is 5.02 Å². The van der Waals surface area contributed by atoms with Crippen molar-refractivity contribution in [1.29, 1.82) is 0 Å². The minimum Gasteiger partial charge on any atom is -0.495 e. The van der Waals surface area contributed by atoms with E-state index >= 15 is 0 Å². The van der Waals surface area contributed by atoms with Crippen LogP contribution in [0.4, 0.5) is 17.1 Å². The maximum absolute atomic E-state index is 6.09. The van der Waals surface area contributed by atoms with Crippen LogP contribution in [-0.4, -0.2) is 13.7 Å². The van der Waals surface area contributed by atoms with Crippen LogP contribution in [0, 0.1) is 0 Å². The van der Waals surface area contributed by atoms with Crippen LogP contribution in [-0.2, 0) is 0 Å². The molecule has 20 heavy (non-hydrogen) atoms. The highest BCUT2D eigenvalue weighted by Crippen LogP contribution is 2.35. The predicted octanol–water partition coefficient (Wildman–Crippen LogP) is 4.07. The van der Waals surface area contributed by atoms with Crippen molar-refractivity contribution in [3.8, 4) is 11.5 Å². The highest BCUT2D eigenvalue weighted by molar-refractivity contribution is 6.31. The summed E-state index contributed by atoms with van der Waals surface area (Å²) in [6.07, 6.45) is 0. The Kier molecular flexibility index (Phi) is 4.58. The summed E-state index contributed by atoms with van der Waals surface area (Å²) in [6, 6.07) is 10.9. The third-order valence-electron chi connectivity index (χ3n) is 2.80. The Labute approximate surface area is 123 Å². The fourth-order valence-electron chi connectivity index (χ4n) is 1.86. The molecule has 0 heterocycles. The van der Waals surface area contributed by atoms with E-state index in [1.165, 1.54) is 0 Å². The van der Waals surface area contributed by atoms with Crippen molar-refractivity contribution in [1.82, 2.24) is 0 Å². The minimum absolute atomic E-state index is 0.552. The largest absolute Gasteiger partial charge is 0.495 e. The lowest BCUT2D eigenvalue weighted by atomic mass is 10.2. The molecule has 0 saturated carbocycles.